The second-order valence-electron chi connectivity index (χ2n) is 6.21. The van der Waals surface area contributed by atoms with E-state index in [1.807, 2.05) is 19.1 Å². The molecule has 1 atom stereocenters. The number of thiophene rings is 1. The maximum absolute atomic E-state index is 13.5. The SMILES string of the molecule is Cc1ccc(-c2nnc(C3CCCN3S(=O)(=O)c3ccc(F)c(F)c3)o2)s1. The van der Waals surface area contributed by atoms with E-state index in [0.717, 1.165) is 21.9 Å². The molecule has 2 aromatic heterocycles. The number of aromatic nitrogens is 2. The first-order valence-corrected chi connectivity index (χ1v) is 10.5. The summed E-state index contributed by atoms with van der Waals surface area (Å²) in [5.74, 6) is -1.78. The second kappa shape index (κ2) is 6.77. The van der Waals surface area contributed by atoms with Gasteiger partial charge in [-0.3, -0.25) is 0 Å². The Balaban J connectivity index is 1.66. The molecule has 6 nitrogen and oxygen atoms in total. The quantitative estimate of drug-likeness (QED) is 0.651. The number of hydrogen-bond donors (Lipinski definition) is 0. The first-order valence-electron chi connectivity index (χ1n) is 8.23. The van der Waals surface area contributed by atoms with E-state index in [1.165, 1.54) is 15.6 Å². The van der Waals surface area contributed by atoms with E-state index in [1.54, 1.807) is 0 Å². The molecule has 1 aliphatic rings. The molecule has 0 bridgehead atoms. The van der Waals surface area contributed by atoms with Crippen molar-refractivity contribution in [2.75, 3.05) is 6.54 Å². The maximum Gasteiger partial charge on any atom is 0.257 e. The number of halogens is 2. The zero-order valence-corrected chi connectivity index (χ0v) is 15.9. The van der Waals surface area contributed by atoms with Gasteiger partial charge in [0.15, 0.2) is 11.6 Å². The van der Waals surface area contributed by atoms with Crippen LogP contribution in [0, 0.1) is 18.6 Å². The minimum atomic E-state index is -4.03. The van der Waals surface area contributed by atoms with Gasteiger partial charge < -0.3 is 4.42 Å². The highest BCUT2D eigenvalue weighted by molar-refractivity contribution is 7.89. The molecule has 10 heteroatoms. The summed E-state index contributed by atoms with van der Waals surface area (Å²) in [7, 11) is -4.03. The maximum atomic E-state index is 13.5. The molecule has 1 aliphatic heterocycles. The first-order chi connectivity index (χ1) is 12.9. The number of nitrogens with zero attached hydrogens (tertiary/aromatic N) is 3. The van der Waals surface area contributed by atoms with Crippen molar-refractivity contribution < 1.29 is 21.6 Å². The highest BCUT2D eigenvalue weighted by Gasteiger charge is 2.39. The number of aryl methyl sites for hydroxylation is 1. The lowest BCUT2D eigenvalue weighted by Gasteiger charge is -2.21. The Kier molecular flexibility index (Phi) is 4.57. The Morgan fingerprint density at radius 3 is 2.70 bits per heavy atom. The third kappa shape index (κ3) is 3.28. The van der Waals surface area contributed by atoms with Crippen molar-refractivity contribution in [2.45, 2.75) is 30.7 Å². The summed E-state index contributed by atoms with van der Waals surface area (Å²) in [4.78, 5) is 1.59. The third-order valence-corrected chi connectivity index (χ3v) is 7.27. The molecular formula is C17H15F2N3O3S2. The van der Waals surface area contributed by atoms with Crippen molar-refractivity contribution in [1.29, 1.82) is 0 Å². The number of hydrogen-bond acceptors (Lipinski definition) is 6. The van der Waals surface area contributed by atoms with Crippen molar-refractivity contribution in [2.24, 2.45) is 0 Å². The molecular weight excluding hydrogens is 396 g/mol. The zero-order valence-electron chi connectivity index (χ0n) is 14.2. The summed E-state index contributed by atoms with van der Waals surface area (Å²) in [6.07, 6.45) is 1.11. The van der Waals surface area contributed by atoms with Crippen LogP contribution in [0.25, 0.3) is 10.8 Å². The van der Waals surface area contributed by atoms with Crippen LogP contribution in [0.15, 0.2) is 39.6 Å². The number of rotatable bonds is 4. The summed E-state index contributed by atoms with van der Waals surface area (Å²) in [6, 6.07) is 5.70. The lowest BCUT2D eigenvalue weighted by molar-refractivity contribution is 0.332. The Morgan fingerprint density at radius 2 is 2.00 bits per heavy atom. The molecule has 1 aromatic carbocycles. The van der Waals surface area contributed by atoms with E-state index in [2.05, 4.69) is 10.2 Å². The van der Waals surface area contributed by atoms with E-state index >= 15 is 0 Å². The lowest BCUT2D eigenvalue weighted by Crippen LogP contribution is -2.31. The highest BCUT2D eigenvalue weighted by atomic mass is 32.2. The molecule has 0 saturated carbocycles. The molecule has 1 fully saturated rings. The summed E-state index contributed by atoms with van der Waals surface area (Å²) < 4.78 is 59.4. The third-order valence-electron chi connectivity index (χ3n) is 4.38. The van der Waals surface area contributed by atoms with Crippen molar-refractivity contribution in [3.63, 3.8) is 0 Å². The van der Waals surface area contributed by atoms with E-state index in [0.29, 0.717) is 24.8 Å². The molecule has 1 saturated heterocycles. The molecule has 4 rings (SSSR count). The standard InChI is InChI=1S/C17H15F2N3O3S2/c1-10-4-7-15(26-10)17-21-20-16(25-17)14-3-2-8-22(14)27(23,24)11-5-6-12(18)13(19)9-11/h4-7,9,14H,2-3,8H2,1H3. The van der Waals surface area contributed by atoms with Crippen molar-refractivity contribution in [3.8, 4) is 10.8 Å². The molecule has 27 heavy (non-hydrogen) atoms. The molecule has 0 N–H and O–H groups in total. The second-order valence-corrected chi connectivity index (χ2v) is 9.38. The fourth-order valence-corrected chi connectivity index (χ4v) is 5.52. The van der Waals surface area contributed by atoms with Crippen LogP contribution in [0.4, 0.5) is 8.78 Å². The van der Waals surface area contributed by atoms with Gasteiger partial charge >= 0.3 is 0 Å². The fraction of sp³-hybridized carbons (Fsp3) is 0.294. The van der Waals surface area contributed by atoms with E-state index in [9.17, 15) is 17.2 Å². The monoisotopic (exact) mass is 411 g/mol. The molecule has 3 aromatic rings. The van der Waals surface area contributed by atoms with Gasteiger partial charge in [0, 0.05) is 11.4 Å². The summed E-state index contributed by atoms with van der Waals surface area (Å²) in [5.41, 5.74) is 0. The minimum Gasteiger partial charge on any atom is -0.418 e. The van der Waals surface area contributed by atoms with Gasteiger partial charge in [-0.2, -0.15) is 4.31 Å². The average Bonchev–Trinajstić information content (AvgIpc) is 3.35. The summed E-state index contributed by atoms with van der Waals surface area (Å²) in [6.45, 7) is 2.19. The van der Waals surface area contributed by atoms with E-state index < -0.39 is 27.7 Å². The lowest BCUT2D eigenvalue weighted by atomic mass is 10.2. The van der Waals surface area contributed by atoms with Gasteiger partial charge in [-0.25, -0.2) is 17.2 Å². The van der Waals surface area contributed by atoms with Gasteiger partial charge in [0.2, 0.25) is 15.9 Å². The molecule has 0 aliphatic carbocycles. The average molecular weight is 411 g/mol. The van der Waals surface area contributed by atoms with Gasteiger partial charge in [-0.15, -0.1) is 21.5 Å². The van der Waals surface area contributed by atoms with Crippen molar-refractivity contribution >= 4 is 21.4 Å². The minimum absolute atomic E-state index is 0.194. The largest absolute Gasteiger partial charge is 0.418 e. The highest BCUT2D eigenvalue weighted by Crippen LogP contribution is 2.37. The van der Waals surface area contributed by atoms with Crippen LogP contribution in [0.1, 0.15) is 29.7 Å². The van der Waals surface area contributed by atoms with Crippen LogP contribution < -0.4 is 0 Å². The van der Waals surface area contributed by atoms with Gasteiger partial charge in [0.05, 0.1) is 9.77 Å². The number of sulfonamides is 1. The Hall–Kier alpha value is -2.17. The predicted molar refractivity (Wildman–Crippen MR) is 94.6 cm³/mol. The smallest absolute Gasteiger partial charge is 0.257 e. The normalized spacial score (nSPS) is 18.3. The topological polar surface area (TPSA) is 76.3 Å². The summed E-state index contributed by atoms with van der Waals surface area (Å²) >= 11 is 1.50. The molecule has 0 amide bonds. The molecule has 3 heterocycles. The van der Waals surface area contributed by atoms with Crippen LogP contribution in [0.2, 0.25) is 0 Å². The Morgan fingerprint density at radius 1 is 1.19 bits per heavy atom. The van der Waals surface area contributed by atoms with Gasteiger partial charge in [0.25, 0.3) is 5.89 Å². The molecule has 142 valence electrons. The summed E-state index contributed by atoms with van der Waals surface area (Å²) in [5, 5.41) is 8.04. The van der Waals surface area contributed by atoms with Crippen LogP contribution in [-0.4, -0.2) is 29.5 Å². The Labute approximate surface area is 158 Å². The van der Waals surface area contributed by atoms with Crippen LogP contribution in [-0.2, 0) is 10.0 Å². The fourth-order valence-electron chi connectivity index (χ4n) is 3.07. The van der Waals surface area contributed by atoms with E-state index in [-0.39, 0.29) is 17.3 Å². The first kappa shape index (κ1) is 18.2. The van der Waals surface area contributed by atoms with Crippen LogP contribution in [0.5, 0.6) is 0 Å². The van der Waals surface area contributed by atoms with Gasteiger partial charge in [-0.05, 0) is 50.1 Å². The predicted octanol–water partition coefficient (Wildman–Crippen LogP) is 3.91. The molecule has 0 radical (unpaired) electrons. The van der Waals surface area contributed by atoms with Crippen LogP contribution in [0.3, 0.4) is 0 Å². The van der Waals surface area contributed by atoms with Crippen molar-refractivity contribution in [3.05, 3.63) is 52.7 Å². The van der Waals surface area contributed by atoms with Crippen LogP contribution >= 0.6 is 11.3 Å². The Bertz CT molecular complexity index is 1090. The number of benzene rings is 1. The van der Waals surface area contributed by atoms with Gasteiger partial charge in [0.1, 0.15) is 6.04 Å². The molecule has 1 unspecified atom stereocenters. The zero-order chi connectivity index (χ0) is 19.2. The molecule has 0 spiro atoms. The van der Waals surface area contributed by atoms with E-state index in [4.69, 9.17) is 4.42 Å². The van der Waals surface area contributed by atoms with Crippen molar-refractivity contribution in [1.82, 2.24) is 14.5 Å². The van der Waals surface area contributed by atoms with Gasteiger partial charge in [-0.1, -0.05) is 0 Å².